The van der Waals surface area contributed by atoms with Gasteiger partial charge in [0, 0.05) is 17.2 Å². The van der Waals surface area contributed by atoms with Crippen molar-refractivity contribution >= 4 is 27.5 Å². The molecular formula is C15H11BrN2O5. The van der Waals surface area contributed by atoms with Crippen LogP contribution in [0.5, 0.6) is 11.5 Å². The summed E-state index contributed by atoms with van der Waals surface area (Å²) < 4.78 is 11.8. The predicted molar refractivity (Wildman–Crippen MR) is 84.6 cm³/mol. The topological polar surface area (TPSA) is 105 Å². The third-order valence-electron chi connectivity index (χ3n) is 3.43. The Morgan fingerprint density at radius 3 is 2.74 bits per heavy atom. The minimum absolute atomic E-state index is 0.0408. The lowest BCUT2D eigenvalue weighted by molar-refractivity contribution is -0.385. The molecule has 0 radical (unpaired) electrons. The largest absolute Gasteiger partial charge is 0.485 e. The average molecular weight is 379 g/mol. The molecule has 0 fully saturated rings. The number of fused-ring (bicyclic) bond motifs is 1. The molecule has 2 N–H and O–H groups in total. The van der Waals surface area contributed by atoms with Crippen LogP contribution < -0.4 is 15.2 Å². The molecule has 3 rings (SSSR count). The predicted octanol–water partition coefficient (Wildman–Crippen LogP) is 2.97. The zero-order valence-corrected chi connectivity index (χ0v) is 13.3. The number of ether oxygens (including phenoxy) is 2. The highest BCUT2D eigenvalue weighted by Crippen LogP contribution is 2.38. The first-order valence-electron chi connectivity index (χ1n) is 6.63. The zero-order valence-electron chi connectivity index (χ0n) is 11.7. The molecule has 1 amide bonds. The monoisotopic (exact) mass is 378 g/mol. The number of rotatable bonds is 3. The van der Waals surface area contributed by atoms with Crippen LogP contribution in [0.15, 0.2) is 40.9 Å². The second kappa shape index (κ2) is 5.88. The summed E-state index contributed by atoms with van der Waals surface area (Å²) in [5.74, 6) is 0.322. The van der Waals surface area contributed by atoms with Gasteiger partial charge in [-0.3, -0.25) is 14.9 Å². The molecule has 0 spiro atoms. The Kier molecular flexibility index (Phi) is 3.91. The van der Waals surface area contributed by atoms with E-state index in [9.17, 15) is 14.9 Å². The summed E-state index contributed by atoms with van der Waals surface area (Å²) in [4.78, 5) is 21.7. The van der Waals surface area contributed by atoms with Gasteiger partial charge in [0.05, 0.1) is 9.40 Å². The van der Waals surface area contributed by atoms with E-state index in [2.05, 4.69) is 15.9 Å². The maximum atomic E-state index is 11.2. The van der Waals surface area contributed by atoms with E-state index in [1.807, 2.05) is 0 Å². The van der Waals surface area contributed by atoms with Gasteiger partial charge in [-0.25, -0.2) is 0 Å². The van der Waals surface area contributed by atoms with Crippen LogP contribution in [0.4, 0.5) is 5.69 Å². The quantitative estimate of drug-likeness (QED) is 0.652. The Labute approximate surface area is 139 Å². The van der Waals surface area contributed by atoms with E-state index in [0.717, 1.165) is 0 Å². The second-order valence-corrected chi connectivity index (χ2v) is 5.77. The van der Waals surface area contributed by atoms with Crippen molar-refractivity contribution in [3.63, 3.8) is 0 Å². The maximum Gasteiger partial charge on any atom is 0.283 e. The summed E-state index contributed by atoms with van der Waals surface area (Å²) in [6, 6.07) is 9.42. The third-order valence-corrected chi connectivity index (χ3v) is 4.10. The van der Waals surface area contributed by atoms with Crippen molar-refractivity contribution in [2.24, 2.45) is 5.73 Å². The van der Waals surface area contributed by atoms with Crippen molar-refractivity contribution in [3.05, 3.63) is 62.1 Å². The van der Waals surface area contributed by atoms with Crippen molar-refractivity contribution in [2.45, 2.75) is 6.10 Å². The van der Waals surface area contributed by atoms with E-state index >= 15 is 0 Å². The molecule has 0 bridgehead atoms. The van der Waals surface area contributed by atoms with E-state index < -0.39 is 16.9 Å². The molecule has 8 heteroatoms. The lowest BCUT2D eigenvalue weighted by atomic mass is 10.1. The summed E-state index contributed by atoms with van der Waals surface area (Å²) in [6.07, 6.45) is -0.478. The Morgan fingerprint density at radius 1 is 1.26 bits per heavy atom. The van der Waals surface area contributed by atoms with Crippen LogP contribution in [0.1, 0.15) is 22.0 Å². The molecule has 7 nitrogen and oxygen atoms in total. The number of hydrogen-bond acceptors (Lipinski definition) is 5. The number of carbonyl (C=O) groups is 1. The summed E-state index contributed by atoms with van der Waals surface area (Å²) in [5.41, 5.74) is 6.13. The molecule has 1 heterocycles. The molecule has 0 saturated carbocycles. The Morgan fingerprint density at radius 2 is 2.04 bits per heavy atom. The first-order chi connectivity index (χ1) is 11.0. The van der Waals surface area contributed by atoms with Crippen LogP contribution in [0, 0.1) is 10.1 Å². The second-order valence-electron chi connectivity index (χ2n) is 4.91. The average Bonchev–Trinajstić information content (AvgIpc) is 2.54. The molecule has 0 aliphatic carbocycles. The SMILES string of the molecule is NC(=O)c1ccc2c(c1)OCC(c1ccc(Br)c([N+](=O)[O-])c1)O2. The molecule has 23 heavy (non-hydrogen) atoms. The number of carbonyl (C=O) groups excluding carboxylic acids is 1. The van der Waals surface area contributed by atoms with Gasteiger partial charge in [0.25, 0.3) is 5.69 Å². The molecule has 2 aromatic rings. The van der Waals surface area contributed by atoms with Gasteiger partial charge in [-0.2, -0.15) is 0 Å². The molecule has 118 valence electrons. The fourth-order valence-electron chi connectivity index (χ4n) is 2.26. The Balaban J connectivity index is 1.89. The van der Waals surface area contributed by atoms with Crippen LogP contribution >= 0.6 is 15.9 Å². The highest BCUT2D eigenvalue weighted by atomic mass is 79.9. The number of nitrogens with zero attached hydrogens (tertiary/aromatic N) is 1. The smallest absolute Gasteiger partial charge is 0.283 e. The minimum atomic E-state index is -0.554. The molecule has 1 aliphatic rings. The number of halogens is 1. The van der Waals surface area contributed by atoms with Crippen LogP contribution in [-0.2, 0) is 0 Å². The number of benzene rings is 2. The molecule has 0 aromatic heterocycles. The number of nitrogens with two attached hydrogens (primary N) is 1. The van der Waals surface area contributed by atoms with Gasteiger partial charge in [-0.1, -0.05) is 6.07 Å². The minimum Gasteiger partial charge on any atom is -0.485 e. The number of hydrogen-bond donors (Lipinski definition) is 1. The van der Waals surface area contributed by atoms with Gasteiger partial charge < -0.3 is 15.2 Å². The van der Waals surface area contributed by atoms with Crippen molar-refractivity contribution in [3.8, 4) is 11.5 Å². The van der Waals surface area contributed by atoms with Crippen LogP contribution in [-0.4, -0.2) is 17.4 Å². The van der Waals surface area contributed by atoms with E-state index in [-0.39, 0.29) is 12.3 Å². The van der Waals surface area contributed by atoms with E-state index in [1.54, 1.807) is 18.2 Å². The van der Waals surface area contributed by atoms with Crippen molar-refractivity contribution in [2.75, 3.05) is 6.61 Å². The standard InChI is InChI=1S/C15H11BrN2O5/c16-10-3-1-8(5-11(10)18(20)21)14-7-22-13-6-9(15(17)19)2-4-12(13)23-14/h1-6,14H,7H2,(H2,17,19). The summed E-state index contributed by atoms with van der Waals surface area (Å²) in [6.45, 7) is 0.175. The normalized spacial score (nSPS) is 16.0. The Bertz CT molecular complexity index is 808. The molecule has 1 atom stereocenters. The van der Waals surface area contributed by atoms with Crippen LogP contribution in [0.25, 0.3) is 0 Å². The summed E-state index contributed by atoms with van der Waals surface area (Å²) in [5, 5.41) is 11.0. The molecule has 1 aliphatic heterocycles. The first-order valence-corrected chi connectivity index (χ1v) is 7.42. The fourth-order valence-corrected chi connectivity index (χ4v) is 2.65. The number of nitro benzene ring substituents is 1. The van der Waals surface area contributed by atoms with Crippen LogP contribution in [0.3, 0.4) is 0 Å². The Hall–Kier alpha value is -2.61. The van der Waals surface area contributed by atoms with E-state index in [1.165, 1.54) is 18.2 Å². The van der Waals surface area contributed by atoms with Crippen molar-refractivity contribution in [1.29, 1.82) is 0 Å². The fraction of sp³-hybridized carbons (Fsp3) is 0.133. The first kappa shape index (κ1) is 15.3. The number of nitro groups is 1. The van der Waals surface area contributed by atoms with E-state index in [4.69, 9.17) is 15.2 Å². The van der Waals surface area contributed by atoms with Gasteiger partial charge >= 0.3 is 0 Å². The third kappa shape index (κ3) is 2.98. The van der Waals surface area contributed by atoms with Gasteiger partial charge in [0.1, 0.15) is 6.61 Å². The molecule has 0 saturated heterocycles. The van der Waals surface area contributed by atoms with Gasteiger partial charge in [-0.05, 0) is 40.2 Å². The number of amides is 1. The molecule has 1 unspecified atom stereocenters. The van der Waals surface area contributed by atoms with Gasteiger partial charge in [-0.15, -0.1) is 0 Å². The molecule has 2 aromatic carbocycles. The van der Waals surface area contributed by atoms with Crippen molar-refractivity contribution < 1.29 is 19.2 Å². The molecular weight excluding hydrogens is 368 g/mol. The lowest BCUT2D eigenvalue weighted by Crippen LogP contribution is -2.22. The summed E-state index contributed by atoms with van der Waals surface area (Å²) in [7, 11) is 0. The lowest BCUT2D eigenvalue weighted by Gasteiger charge is -2.27. The van der Waals surface area contributed by atoms with Crippen LogP contribution in [0.2, 0.25) is 0 Å². The summed E-state index contributed by atoms with van der Waals surface area (Å²) >= 11 is 3.14. The number of primary amides is 1. The highest BCUT2D eigenvalue weighted by Gasteiger charge is 2.25. The van der Waals surface area contributed by atoms with Gasteiger partial charge in [0.2, 0.25) is 5.91 Å². The van der Waals surface area contributed by atoms with Gasteiger partial charge in [0.15, 0.2) is 17.6 Å². The van der Waals surface area contributed by atoms with Crippen molar-refractivity contribution in [1.82, 2.24) is 0 Å². The highest BCUT2D eigenvalue weighted by molar-refractivity contribution is 9.10. The zero-order chi connectivity index (χ0) is 16.6. The maximum absolute atomic E-state index is 11.2. The van der Waals surface area contributed by atoms with E-state index in [0.29, 0.717) is 27.1 Å².